The zero-order valence-electron chi connectivity index (χ0n) is 16.6. The number of carbonyl (C=O) groups excluding carboxylic acids is 2. The molecular formula is C20H23N5O3. The Hall–Kier alpha value is -3.29. The predicted molar refractivity (Wildman–Crippen MR) is 104 cm³/mol. The van der Waals surface area contributed by atoms with Crippen LogP contribution in [0.3, 0.4) is 0 Å². The maximum Gasteiger partial charge on any atom is 0.311 e. The molecule has 2 heterocycles. The molecule has 3 rings (SSSR count). The normalized spacial score (nSPS) is 12.0. The SMILES string of the molecule is Cc1cccc(C)c1NC(=O)[C@@H](C)OC(=O)Cc1c(C)nc2ncnn2c1C. The first-order chi connectivity index (χ1) is 13.3. The fourth-order valence-electron chi connectivity index (χ4n) is 3.08. The van der Waals surface area contributed by atoms with E-state index in [0.29, 0.717) is 17.0 Å². The zero-order valence-corrected chi connectivity index (χ0v) is 16.6. The lowest BCUT2D eigenvalue weighted by Crippen LogP contribution is -2.31. The van der Waals surface area contributed by atoms with Crippen LogP contribution in [-0.4, -0.2) is 37.6 Å². The molecule has 0 spiro atoms. The van der Waals surface area contributed by atoms with Crippen molar-refractivity contribution in [3.05, 3.63) is 52.6 Å². The minimum atomic E-state index is -0.921. The Morgan fingerprint density at radius 2 is 1.86 bits per heavy atom. The lowest BCUT2D eigenvalue weighted by molar-refractivity contribution is -0.152. The Morgan fingerprint density at radius 1 is 1.18 bits per heavy atom. The minimum absolute atomic E-state index is 0.00147. The monoisotopic (exact) mass is 381 g/mol. The Kier molecular flexibility index (Phi) is 5.39. The summed E-state index contributed by atoms with van der Waals surface area (Å²) in [4.78, 5) is 33.3. The van der Waals surface area contributed by atoms with E-state index in [9.17, 15) is 9.59 Å². The van der Waals surface area contributed by atoms with Gasteiger partial charge < -0.3 is 10.1 Å². The first-order valence-electron chi connectivity index (χ1n) is 9.00. The van der Waals surface area contributed by atoms with Crippen LogP contribution >= 0.6 is 0 Å². The van der Waals surface area contributed by atoms with Crippen LogP contribution in [0.15, 0.2) is 24.5 Å². The first-order valence-corrected chi connectivity index (χ1v) is 9.00. The number of carbonyl (C=O) groups is 2. The highest BCUT2D eigenvalue weighted by Crippen LogP contribution is 2.20. The van der Waals surface area contributed by atoms with Gasteiger partial charge in [0.05, 0.1) is 6.42 Å². The Balaban J connectivity index is 1.68. The van der Waals surface area contributed by atoms with Crippen molar-refractivity contribution in [2.45, 2.75) is 47.1 Å². The van der Waals surface area contributed by atoms with Crippen molar-refractivity contribution < 1.29 is 14.3 Å². The fraction of sp³-hybridized carbons (Fsp3) is 0.350. The number of benzene rings is 1. The van der Waals surface area contributed by atoms with E-state index in [2.05, 4.69) is 20.4 Å². The van der Waals surface area contributed by atoms with Crippen molar-refractivity contribution in [2.24, 2.45) is 0 Å². The van der Waals surface area contributed by atoms with E-state index >= 15 is 0 Å². The number of aromatic nitrogens is 4. The molecule has 1 amide bonds. The summed E-state index contributed by atoms with van der Waals surface area (Å²) in [6.45, 7) is 9.03. The van der Waals surface area contributed by atoms with Gasteiger partial charge >= 0.3 is 5.97 Å². The van der Waals surface area contributed by atoms with E-state index in [1.165, 1.54) is 6.33 Å². The molecule has 0 unspecified atom stereocenters. The van der Waals surface area contributed by atoms with E-state index < -0.39 is 12.1 Å². The molecule has 8 heteroatoms. The highest BCUT2D eigenvalue weighted by atomic mass is 16.5. The van der Waals surface area contributed by atoms with Crippen LogP contribution in [0.1, 0.15) is 35.0 Å². The van der Waals surface area contributed by atoms with E-state index in [0.717, 1.165) is 22.5 Å². The summed E-state index contributed by atoms with van der Waals surface area (Å²) < 4.78 is 6.92. The Bertz CT molecular complexity index is 1040. The molecule has 28 heavy (non-hydrogen) atoms. The molecule has 2 aromatic heterocycles. The van der Waals surface area contributed by atoms with Gasteiger partial charge in [-0.2, -0.15) is 10.1 Å². The van der Waals surface area contributed by atoms with Crippen LogP contribution in [0, 0.1) is 27.7 Å². The lowest BCUT2D eigenvalue weighted by atomic mass is 10.1. The highest BCUT2D eigenvalue weighted by Gasteiger charge is 2.21. The third kappa shape index (κ3) is 3.85. The van der Waals surface area contributed by atoms with Gasteiger partial charge in [-0.15, -0.1) is 0 Å². The summed E-state index contributed by atoms with van der Waals surface area (Å²) in [7, 11) is 0. The average Bonchev–Trinajstić information content (AvgIpc) is 3.10. The van der Waals surface area contributed by atoms with Crippen molar-refractivity contribution >= 4 is 23.3 Å². The summed E-state index contributed by atoms with van der Waals surface area (Å²) in [5.74, 6) is -0.394. The number of nitrogens with zero attached hydrogens (tertiary/aromatic N) is 4. The topological polar surface area (TPSA) is 98.5 Å². The quantitative estimate of drug-likeness (QED) is 0.682. The number of hydrogen-bond donors (Lipinski definition) is 1. The molecule has 0 aliphatic carbocycles. The molecule has 0 fully saturated rings. The number of amides is 1. The van der Waals surface area contributed by atoms with Gasteiger partial charge in [0.2, 0.25) is 0 Å². The molecule has 1 N–H and O–H groups in total. The van der Waals surface area contributed by atoms with Crippen LogP contribution in [0.5, 0.6) is 0 Å². The predicted octanol–water partition coefficient (Wildman–Crippen LogP) is 2.47. The van der Waals surface area contributed by atoms with Crippen molar-refractivity contribution in [1.82, 2.24) is 19.6 Å². The molecule has 3 aromatic rings. The number of para-hydroxylation sites is 1. The summed E-state index contributed by atoms with van der Waals surface area (Å²) in [6, 6.07) is 5.75. The van der Waals surface area contributed by atoms with Crippen LogP contribution in [-0.2, 0) is 20.7 Å². The Labute approximate surface area is 163 Å². The number of fused-ring (bicyclic) bond motifs is 1. The molecule has 8 nitrogen and oxygen atoms in total. The van der Waals surface area contributed by atoms with E-state index in [4.69, 9.17) is 4.74 Å². The second-order valence-electron chi connectivity index (χ2n) is 6.80. The first kappa shape index (κ1) is 19.5. The number of rotatable bonds is 5. The molecule has 0 aliphatic rings. The largest absolute Gasteiger partial charge is 0.452 e. The van der Waals surface area contributed by atoms with Gasteiger partial charge in [0.1, 0.15) is 6.33 Å². The number of hydrogen-bond acceptors (Lipinski definition) is 6. The molecule has 0 bridgehead atoms. The van der Waals surface area contributed by atoms with Crippen LogP contribution < -0.4 is 5.32 Å². The minimum Gasteiger partial charge on any atom is -0.452 e. The van der Waals surface area contributed by atoms with Crippen LogP contribution in [0.25, 0.3) is 5.78 Å². The van der Waals surface area contributed by atoms with Gasteiger partial charge in [0, 0.05) is 22.6 Å². The van der Waals surface area contributed by atoms with Crippen molar-refractivity contribution in [3.63, 3.8) is 0 Å². The average molecular weight is 381 g/mol. The lowest BCUT2D eigenvalue weighted by Gasteiger charge is -2.17. The molecule has 0 saturated carbocycles. The fourth-order valence-corrected chi connectivity index (χ4v) is 3.08. The zero-order chi connectivity index (χ0) is 20.4. The number of nitrogens with one attached hydrogen (secondary N) is 1. The van der Waals surface area contributed by atoms with Gasteiger partial charge in [0.15, 0.2) is 6.10 Å². The van der Waals surface area contributed by atoms with Gasteiger partial charge in [-0.1, -0.05) is 18.2 Å². The van der Waals surface area contributed by atoms with Gasteiger partial charge in [-0.3, -0.25) is 9.59 Å². The molecule has 146 valence electrons. The Morgan fingerprint density at radius 3 is 2.54 bits per heavy atom. The summed E-state index contributed by atoms with van der Waals surface area (Å²) in [6.07, 6.45) is 0.494. The molecule has 0 aliphatic heterocycles. The van der Waals surface area contributed by atoms with Crippen LogP contribution in [0.4, 0.5) is 5.69 Å². The van der Waals surface area contributed by atoms with Gasteiger partial charge in [0.25, 0.3) is 11.7 Å². The third-order valence-electron chi connectivity index (χ3n) is 4.72. The molecule has 0 saturated heterocycles. The van der Waals surface area contributed by atoms with Gasteiger partial charge in [-0.05, 0) is 45.7 Å². The summed E-state index contributed by atoms with van der Waals surface area (Å²) >= 11 is 0. The maximum absolute atomic E-state index is 12.5. The van der Waals surface area contributed by atoms with Crippen molar-refractivity contribution in [1.29, 1.82) is 0 Å². The number of ether oxygens (including phenoxy) is 1. The number of anilines is 1. The van der Waals surface area contributed by atoms with E-state index in [1.807, 2.05) is 39.0 Å². The van der Waals surface area contributed by atoms with E-state index in [1.54, 1.807) is 18.4 Å². The molecule has 1 aromatic carbocycles. The number of aryl methyl sites for hydroxylation is 4. The number of esters is 1. The summed E-state index contributed by atoms with van der Waals surface area (Å²) in [5.41, 5.74) is 4.80. The molecule has 0 radical (unpaired) electrons. The van der Waals surface area contributed by atoms with Crippen LogP contribution in [0.2, 0.25) is 0 Å². The molecule has 1 atom stereocenters. The van der Waals surface area contributed by atoms with Crippen molar-refractivity contribution in [2.75, 3.05) is 5.32 Å². The van der Waals surface area contributed by atoms with Gasteiger partial charge in [-0.25, -0.2) is 9.50 Å². The maximum atomic E-state index is 12.5. The van der Waals surface area contributed by atoms with E-state index in [-0.39, 0.29) is 12.3 Å². The second-order valence-corrected chi connectivity index (χ2v) is 6.80. The third-order valence-corrected chi connectivity index (χ3v) is 4.72. The molecular weight excluding hydrogens is 358 g/mol. The summed E-state index contributed by atoms with van der Waals surface area (Å²) in [5, 5.41) is 6.95. The standard InChI is InChI=1S/C20H23N5O3/c1-11-7-6-8-12(2)18(11)24-19(27)15(5)28-17(26)9-16-13(3)23-20-21-10-22-25(20)14(16)4/h6-8,10,15H,9H2,1-5H3,(H,24,27)/t15-/m1/s1. The van der Waals surface area contributed by atoms with Crippen molar-refractivity contribution in [3.8, 4) is 0 Å². The highest BCUT2D eigenvalue weighted by molar-refractivity contribution is 5.96. The second kappa shape index (κ2) is 7.75. The smallest absolute Gasteiger partial charge is 0.311 e.